The van der Waals surface area contributed by atoms with Crippen molar-refractivity contribution < 1.29 is 38.5 Å². The van der Waals surface area contributed by atoms with E-state index in [0.29, 0.717) is 42.6 Å². The maximum atomic E-state index is 13.2. The largest absolute Gasteiger partial charge is 0.507 e. The van der Waals surface area contributed by atoms with Crippen molar-refractivity contribution in [3.63, 3.8) is 0 Å². The smallest absolute Gasteiger partial charge is 0.332 e. The number of esters is 2. The summed E-state index contributed by atoms with van der Waals surface area (Å²) in [6.07, 6.45) is 6.82. The van der Waals surface area contributed by atoms with Crippen LogP contribution in [0.4, 0.5) is 0 Å². The van der Waals surface area contributed by atoms with Crippen LogP contribution in [0.5, 0.6) is 11.5 Å². The summed E-state index contributed by atoms with van der Waals surface area (Å²) in [6, 6.07) is 25.7. The molecule has 0 bridgehead atoms. The molecule has 0 heterocycles. The predicted molar refractivity (Wildman–Crippen MR) is 200 cm³/mol. The highest BCUT2D eigenvalue weighted by Gasteiger charge is 2.48. The second-order valence-corrected chi connectivity index (χ2v) is 13.2. The summed E-state index contributed by atoms with van der Waals surface area (Å²) in [5, 5.41) is 15.9. The van der Waals surface area contributed by atoms with E-state index in [0.717, 1.165) is 27.8 Å². The lowest BCUT2D eigenvalue weighted by atomic mass is 9.94. The van der Waals surface area contributed by atoms with Gasteiger partial charge in [0.2, 0.25) is 0 Å². The molecule has 0 saturated heterocycles. The molecule has 2 amide bonds. The van der Waals surface area contributed by atoms with Crippen LogP contribution >= 0.6 is 0 Å². The van der Waals surface area contributed by atoms with Crippen molar-refractivity contribution in [2.75, 3.05) is 19.8 Å². The Bertz CT molecular complexity index is 2010. The average molecular weight is 717 g/mol. The minimum atomic E-state index is -1.15. The number of hydrogen-bond donors (Lipinski definition) is 3. The zero-order valence-corrected chi connectivity index (χ0v) is 30.4. The molecule has 0 aromatic heterocycles. The minimum Gasteiger partial charge on any atom is -0.507 e. The van der Waals surface area contributed by atoms with E-state index in [1.54, 1.807) is 51.1 Å². The van der Waals surface area contributed by atoms with E-state index in [1.807, 2.05) is 61.5 Å². The molecule has 6 rings (SSSR count). The second kappa shape index (κ2) is 16.5. The molecule has 2 aliphatic rings. The quantitative estimate of drug-likeness (QED) is 0.147. The number of phenolic OH excluding ortho intramolecular Hbond substituents is 1. The van der Waals surface area contributed by atoms with Gasteiger partial charge in [0, 0.05) is 25.7 Å². The number of rotatable bonds is 10. The van der Waals surface area contributed by atoms with E-state index >= 15 is 0 Å². The Morgan fingerprint density at radius 3 is 1.51 bits per heavy atom. The van der Waals surface area contributed by atoms with Gasteiger partial charge in [0.1, 0.15) is 29.2 Å². The van der Waals surface area contributed by atoms with Crippen LogP contribution in [-0.2, 0) is 44.7 Å². The van der Waals surface area contributed by atoms with Crippen LogP contribution in [0.3, 0.4) is 0 Å². The van der Waals surface area contributed by atoms with Gasteiger partial charge in [0.15, 0.2) is 0 Å². The summed E-state index contributed by atoms with van der Waals surface area (Å²) in [5.41, 5.74) is 3.71. The number of nitrogens with one attached hydrogen (secondary N) is 2. The molecule has 0 atom stereocenters. The van der Waals surface area contributed by atoms with Crippen LogP contribution in [0.25, 0.3) is 0 Å². The first-order valence-electron chi connectivity index (χ1n) is 17.5. The molecule has 4 aromatic rings. The molecule has 274 valence electrons. The van der Waals surface area contributed by atoms with Crippen LogP contribution in [0, 0.1) is 26.2 Å². The van der Waals surface area contributed by atoms with Crippen LogP contribution in [0.15, 0.2) is 84.9 Å². The molecule has 3 N–H and O–H groups in total. The number of ether oxygens (including phenoxy) is 3. The molecular formula is C43H44N2O8. The van der Waals surface area contributed by atoms with Crippen LogP contribution in [0.2, 0.25) is 0 Å². The SMILES string of the molecule is C#CCOc1c(C)cccc1C(=O)NC1(C(=O)OCC)Cc2ccccc2C1.CCOC(=O)C1(NC(=O)c2cccc(C)c2O)Cc2ccccc2C1. The van der Waals surface area contributed by atoms with E-state index in [1.165, 1.54) is 0 Å². The number of fused-ring (bicyclic) bond motifs is 2. The fraction of sp³-hybridized carbons (Fsp3) is 0.302. The number of carbonyl (C=O) groups excluding carboxylic acids is 4. The van der Waals surface area contributed by atoms with Crippen molar-refractivity contribution >= 4 is 23.8 Å². The number of hydrogen-bond acceptors (Lipinski definition) is 8. The van der Waals surface area contributed by atoms with Gasteiger partial charge in [-0.15, -0.1) is 6.42 Å². The van der Waals surface area contributed by atoms with Gasteiger partial charge in [0.05, 0.1) is 24.3 Å². The molecule has 0 radical (unpaired) electrons. The summed E-state index contributed by atoms with van der Waals surface area (Å²) >= 11 is 0. The Balaban J connectivity index is 0.000000206. The van der Waals surface area contributed by atoms with E-state index in [4.69, 9.17) is 20.6 Å². The first-order valence-corrected chi connectivity index (χ1v) is 17.5. The highest BCUT2D eigenvalue weighted by atomic mass is 16.5. The van der Waals surface area contributed by atoms with Crippen molar-refractivity contribution in [3.05, 3.63) is 129 Å². The molecular weight excluding hydrogens is 672 g/mol. The van der Waals surface area contributed by atoms with Crippen molar-refractivity contribution in [1.82, 2.24) is 10.6 Å². The van der Waals surface area contributed by atoms with Crippen molar-refractivity contribution in [3.8, 4) is 23.8 Å². The molecule has 0 fully saturated rings. The molecule has 0 spiro atoms. The number of phenols is 1. The van der Waals surface area contributed by atoms with Gasteiger partial charge in [0.25, 0.3) is 11.8 Å². The molecule has 0 unspecified atom stereocenters. The normalized spacial score (nSPS) is 14.2. The molecule has 10 heteroatoms. The molecule has 10 nitrogen and oxygen atoms in total. The molecule has 2 aliphatic carbocycles. The fourth-order valence-electron chi connectivity index (χ4n) is 6.88. The number of amides is 2. The topological polar surface area (TPSA) is 140 Å². The van der Waals surface area contributed by atoms with E-state index in [-0.39, 0.29) is 31.1 Å². The third-order valence-corrected chi connectivity index (χ3v) is 9.48. The standard InChI is InChI=1S/C23H23NO4.C20H21NO4/c1-4-13-28-20-16(3)9-8-12-19(20)21(25)24-23(22(26)27-5-2)14-17-10-6-7-11-18(17)15-23;1-3-25-19(24)20(11-14-8-4-5-9-15(14)12-20)21-18(23)16-10-6-7-13(2)17(16)22/h1,6-12H,5,13-15H2,2-3H3,(H,24,25);4-10,22H,3,11-12H2,1-2H3,(H,21,23). The third kappa shape index (κ3) is 8.20. The van der Waals surface area contributed by atoms with Gasteiger partial charge in [-0.25, -0.2) is 9.59 Å². The number of para-hydroxylation sites is 2. The number of benzene rings is 4. The van der Waals surface area contributed by atoms with Gasteiger partial charge >= 0.3 is 11.9 Å². The van der Waals surface area contributed by atoms with Crippen LogP contribution < -0.4 is 15.4 Å². The number of aromatic hydroxyl groups is 1. The molecule has 0 saturated carbocycles. The van der Waals surface area contributed by atoms with Gasteiger partial charge in [-0.1, -0.05) is 78.7 Å². The molecule has 4 aromatic carbocycles. The maximum Gasteiger partial charge on any atom is 0.332 e. The minimum absolute atomic E-state index is 0.0552. The highest BCUT2D eigenvalue weighted by Crippen LogP contribution is 2.34. The highest BCUT2D eigenvalue weighted by molar-refractivity contribution is 6.02. The first kappa shape index (κ1) is 38.2. The van der Waals surface area contributed by atoms with E-state index in [9.17, 15) is 24.3 Å². The predicted octanol–water partition coefficient (Wildman–Crippen LogP) is 5.37. The Morgan fingerprint density at radius 1 is 0.660 bits per heavy atom. The van der Waals surface area contributed by atoms with E-state index < -0.39 is 34.8 Å². The summed E-state index contributed by atoms with van der Waals surface area (Å²) in [6.45, 7) is 7.59. The zero-order chi connectivity index (χ0) is 38.2. The Kier molecular flexibility index (Phi) is 11.9. The second-order valence-electron chi connectivity index (χ2n) is 13.2. The summed E-state index contributed by atoms with van der Waals surface area (Å²) in [7, 11) is 0. The van der Waals surface area contributed by atoms with Crippen molar-refractivity contribution in [2.24, 2.45) is 0 Å². The van der Waals surface area contributed by atoms with E-state index in [2.05, 4.69) is 16.6 Å². The summed E-state index contributed by atoms with van der Waals surface area (Å²) in [5.74, 6) is 0.997. The monoisotopic (exact) mass is 716 g/mol. The summed E-state index contributed by atoms with van der Waals surface area (Å²) in [4.78, 5) is 51.4. The Labute approximate surface area is 309 Å². The Hall–Kier alpha value is -6.08. The summed E-state index contributed by atoms with van der Waals surface area (Å²) < 4.78 is 16.1. The lowest BCUT2D eigenvalue weighted by Crippen LogP contribution is -2.56. The van der Waals surface area contributed by atoms with Crippen LogP contribution in [0.1, 0.15) is 67.9 Å². The number of terminal acetylenes is 1. The number of carbonyl (C=O) groups is 4. The molecule has 0 aliphatic heterocycles. The molecule has 53 heavy (non-hydrogen) atoms. The van der Waals surface area contributed by atoms with Gasteiger partial charge in [-0.3, -0.25) is 9.59 Å². The lowest BCUT2D eigenvalue weighted by molar-refractivity contribution is -0.151. The van der Waals surface area contributed by atoms with Gasteiger partial charge in [-0.2, -0.15) is 0 Å². The van der Waals surface area contributed by atoms with Gasteiger partial charge < -0.3 is 30.0 Å². The average Bonchev–Trinajstić information content (AvgIpc) is 3.72. The third-order valence-electron chi connectivity index (χ3n) is 9.48. The number of aryl methyl sites for hydroxylation is 2. The maximum absolute atomic E-state index is 13.2. The zero-order valence-electron chi connectivity index (χ0n) is 30.4. The fourth-order valence-corrected chi connectivity index (χ4v) is 6.88. The van der Waals surface area contributed by atoms with Crippen molar-refractivity contribution in [1.29, 1.82) is 0 Å². The lowest BCUT2D eigenvalue weighted by Gasteiger charge is -2.28. The Morgan fingerprint density at radius 2 is 1.08 bits per heavy atom. The van der Waals surface area contributed by atoms with Gasteiger partial charge in [-0.05, 0) is 73.2 Å². The first-order chi connectivity index (χ1) is 25.5. The van der Waals surface area contributed by atoms with Crippen molar-refractivity contribution in [2.45, 2.75) is 64.5 Å². The van der Waals surface area contributed by atoms with Crippen LogP contribution in [-0.4, -0.2) is 59.8 Å².